The molecular weight excluding hydrogens is 250 g/mol. The number of carbonyl (C=O) groups is 2. The smallest absolute Gasteiger partial charge is 0.433 e. The minimum Gasteiger partial charge on any atom is -0.464 e. The van der Waals surface area contributed by atoms with Gasteiger partial charge in [-0.1, -0.05) is 13.3 Å². The van der Waals surface area contributed by atoms with Gasteiger partial charge in [0.15, 0.2) is 0 Å². The Morgan fingerprint density at radius 1 is 1.53 bits per heavy atom. The van der Waals surface area contributed by atoms with Crippen LogP contribution in [-0.4, -0.2) is 28.9 Å². The Kier molecular flexibility index (Phi) is 5.59. The van der Waals surface area contributed by atoms with E-state index in [1.807, 2.05) is 12.3 Å². The SMILES string of the molecule is CCCCOC(=O)N(NC(=O)O)c1cccnc1C. The molecule has 7 heteroatoms. The summed E-state index contributed by atoms with van der Waals surface area (Å²) >= 11 is 0. The Morgan fingerprint density at radius 3 is 2.84 bits per heavy atom. The average Bonchev–Trinajstić information content (AvgIpc) is 2.37. The van der Waals surface area contributed by atoms with Crippen LogP contribution in [0.15, 0.2) is 18.3 Å². The second-order valence-electron chi connectivity index (χ2n) is 3.83. The highest BCUT2D eigenvalue weighted by molar-refractivity contribution is 5.90. The van der Waals surface area contributed by atoms with Crippen LogP contribution in [0.5, 0.6) is 0 Å². The van der Waals surface area contributed by atoms with Gasteiger partial charge in [0.05, 0.1) is 18.0 Å². The van der Waals surface area contributed by atoms with Crippen molar-refractivity contribution < 1.29 is 19.4 Å². The van der Waals surface area contributed by atoms with Crippen molar-refractivity contribution in [1.29, 1.82) is 0 Å². The van der Waals surface area contributed by atoms with E-state index in [1.54, 1.807) is 25.3 Å². The summed E-state index contributed by atoms with van der Waals surface area (Å²) in [6.45, 7) is 3.88. The van der Waals surface area contributed by atoms with Gasteiger partial charge < -0.3 is 9.84 Å². The van der Waals surface area contributed by atoms with Gasteiger partial charge in [-0.2, -0.15) is 5.01 Å². The molecule has 1 heterocycles. The highest BCUT2D eigenvalue weighted by Crippen LogP contribution is 2.16. The summed E-state index contributed by atoms with van der Waals surface area (Å²) in [5.41, 5.74) is 2.86. The highest BCUT2D eigenvalue weighted by atomic mass is 16.6. The number of aryl methyl sites for hydroxylation is 1. The van der Waals surface area contributed by atoms with Gasteiger partial charge in [-0.15, -0.1) is 0 Å². The molecule has 0 aromatic carbocycles. The Hall–Kier alpha value is -2.31. The molecular formula is C12H17N3O4. The monoisotopic (exact) mass is 267 g/mol. The average molecular weight is 267 g/mol. The van der Waals surface area contributed by atoms with Crippen molar-refractivity contribution in [2.75, 3.05) is 11.6 Å². The Morgan fingerprint density at radius 2 is 2.26 bits per heavy atom. The molecule has 1 aromatic heterocycles. The number of pyridine rings is 1. The zero-order valence-corrected chi connectivity index (χ0v) is 10.9. The lowest BCUT2D eigenvalue weighted by atomic mass is 10.3. The summed E-state index contributed by atoms with van der Waals surface area (Å²) in [7, 11) is 0. The third-order valence-electron chi connectivity index (χ3n) is 2.33. The van der Waals surface area contributed by atoms with Crippen LogP contribution < -0.4 is 10.4 Å². The molecule has 2 N–H and O–H groups in total. The van der Waals surface area contributed by atoms with Gasteiger partial charge in [-0.3, -0.25) is 4.98 Å². The summed E-state index contributed by atoms with van der Waals surface area (Å²) in [4.78, 5) is 26.6. The number of nitrogens with one attached hydrogen (secondary N) is 1. The summed E-state index contributed by atoms with van der Waals surface area (Å²) in [6.07, 6.45) is 1.03. The maximum absolute atomic E-state index is 11.9. The van der Waals surface area contributed by atoms with Crippen LogP contribution in [0, 0.1) is 6.92 Å². The summed E-state index contributed by atoms with van der Waals surface area (Å²) in [6, 6.07) is 3.19. The molecule has 19 heavy (non-hydrogen) atoms. The topological polar surface area (TPSA) is 91.8 Å². The van der Waals surface area contributed by atoms with Crippen LogP contribution >= 0.6 is 0 Å². The van der Waals surface area contributed by atoms with Crippen LogP contribution in [-0.2, 0) is 4.74 Å². The highest BCUT2D eigenvalue weighted by Gasteiger charge is 2.21. The van der Waals surface area contributed by atoms with Gasteiger partial charge in [0.25, 0.3) is 0 Å². The quantitative estimate of drug-likeness (QED) is 0.645. The van der Waals surface area contributed by atoms with Gasteiger partial charge in [0.2, 0.25) is 0 Å². The molecule has 0 saturated heterocycles. The van der Waals surface area contributed by atoms with Crippen LogP contribution in [0.4, 0.5) is 15.3 Å². The number of aromatic nitrogens is 1. The number of unbranched alkanes of at least 4 members (excludes halogenated alkanes) is 1. The first-order chi connectivity index (χ1) is 9.06. The predicted octanol–water partition coefficient (Wildman–Crippen LogP) is 2.32. The fourth-order valence-corrected chi connectivity index (χ4v) is 1.38. The van der Waals surface area contributed by atoms with Crippen LogP contribution in [0.2, 0.25) is 0 Å². The molecule has 0 fully saturated rings. The summed E-state index contributed by atoms with van der Waals surface area (Å²) in [5.74, 6) is 0. The number of hydrogen-bond donors (Lipinski definition) is 2. The Bertz CT molecular complexity index is 450. The Labute approximate surface area is 111 Å². The summed E-state index contributed by atoms with van der Waals surface area (Å²) in [5, 5.41) is 9.61. The third-order valence-corrected chi connectivity index (χ3v) is 2.33. The number of anilines is 1. The van der Waals surface area contributed by atoms with E-state index in [9.17, 15) is 9.59 Å². The van der Waals surface area contributed by atoms with Crippen molar-refractivity contribution in [3.8, 4) is 0 Å². The van der Waals surface area contributed by atoms with E-state index in [1.165, 1.54) is 0 Å². The zero-order valence-electron chi connectivity index (χ0n) is 10.9. The maximum atomic E-state index is 11.9. The van der Waals surface area contributed by atoms with Crippen molar-refractivity contribution in [3.63, 3.8) is 0 Å². The van der Waals surface area contributed by atoms with Gasteiger partial charge in [0.1, 0.15) is 0 Å². The lowest BCUT2D eigenvalue weighted by molar-refractivity contribution is 0.145. The van der Waals surface area contributed by atoms with Crippen LogP contribution in [0.1, 0.15) is 25.5 Å². The maximum Gasteiger partial charge on any atom is 0.433 e. The molecule has 0 saturated carbocycles. The van der Waals surface area contributed by atoms with Crippen molar-refractivity contribution in [2.45, 2.75) is 26.7 Å². The molecule has 0 bridgehead atoms. The number of carbonyl (C=O) groups excluding carboxylic acids is 1. The first kappa shape index (κ1) is 14.7. The molecule has 0 atom stereocenters. The molecule has 0 spiro atoms. The van der Waals surface area contributed by atoms with E-state index in [4.69, 9.17) is 9.84 Å². The normalized spacial score (nSPS) is 9.79. The molecule has 0 radical (unpaired) electrons. The van der Waals surface area contributed by atoms with E-state index in [0.717, 1.165) is 17.9 Å². The number of hydrazine groups is 1. The van der Waals surface area contributed by atoms with E-state index in [0.29, 0.717) is 11.4 Å². The second-order valence-corrected chi connectivity index (χ2v) is 3.83. The van der Waals surface area contributed by atoms with E-state index in [-0.39, 0.29) is 6.61 Å². The molecule has 2 amide bonds. The van der Waals surface area contributed by atoms with Crippen molar-refractivity contribution in [3.05, 3.63) is 24.0 Å². The van der Waals surface area contributed by atoms with Gasteiger partial charge in [-0.05, 0) is 25.5 Å². The first-order valence-corrected chi connectivity index (χ1v) is 5.94. The standard InChI is InChI=1S/C12H17N3O4/c1-3-4-8-19-12(18)15(14-11(16)17)10-6-5-7-13-9(10)2/h5-7,14H,3-4,8H2,1-2H3,(H,16,17). The number of carboxylic acid groups (broad SMARTS) is 1. The molecule has 1 rings (SSSR count). The van der Waals surface area contributed by atoms with Crippen molar-refractivity contribution >= 4 is 17.9 Å². The number of amides is 2. The van der Waals surface area contributed by atoms with Gasteiger partial charge in [-0.25, -0.2) is 15.0 Å². The predicted molar refractivity (Wildman–Crippen MR) is 68.9 cm³/mol. The second kappa shape index (κ2) is 7.20. The number of nitrogens with zero attached hydrogens (tertiary/aromatic N) is 2. The van der Waals surface area contributed by atoms with Gasteiger partial charge >= 0.3 is 12.2 Å². The van der Waals surface area contributed by atoms with Crippen molar-refractivity contribution in [2.24, 2.45) is 0 Å². The number of hydrogen-bond acceptors (Lipinski definition) is 4. The Balaban J connectivity index is 2.86. The number of rotatable bonds is 4. The molecule has 1 aromatic rings. The van der Waals surface area contributed by atoms with E-state index >= 15 is 0 Å². The van der Waals surface area contributed by atoms with Crippen LogP contribution in [0.25, 0.3) is 0 Å². The van der Waals surface area contributed by atoms with Gasteiger partial charge in [0, 0.05) is 6.20 Å². The lowest BCUT2D eigenvalue weighted by Gasteiger charge is -2.22. The first-order valence-electron chi connectivity index (χ1n) is 5.94. The largest absolute Gasteiger partial charge is 0.464 e. The molecule has 0 aliphatic heterocycles. The fraction of sp³-hybridized carbons (Fsp3) is 0.417. The molecule has 0 aliphatic rings. The molecule has 104 valence electrons. The van der Waals surface area contributed by atoms with E-state index in [2.05, 4.69) is 4.98 Å². The zero-order chi connectivity index (χ0) is 14.3. The molecule has 7 nitrogen and oxygen atoms in total. The lowest BCUT2D eigenvalue weighted by Crippen LogP contribution is -2.46. The van der Waals surface area contributed by atoms with Crippen molar-refractivity contribution in [1.82, 2.24) is 10.4 Å². The fourth-order valence-electron chi connectivity index (χ4n) is 1.38. The van der Waals surface area contributed by atoms with E-state index < -0.39 is 12.2 Å². The third kappa shape index (κ3) is 4.46. The molecule has 0 unspecified atom stereocenters. The minimum atomic E-state index is -1.35. The van der Waals surface area contributed by atoms with Crippen LogP contribution in [0.3, 0.4) is 0 Å². The number of ether oxygens (including phenoxy) is 1. The summed E-state index contributed by atoms with van der Waals surface area (Å²) < 4.78 is 4.99. The molecule has 0 aliphatic carbocycles. The minimum absolute atomic E-state index is 0.243.